The van der Waals surface area contributed by atoms with Crippen LogP contribution < -0.4 is 10.2 Å². The number of anilines is 2. The molecule has 0 unspecified atom stereocenters. The third-order valence-corrected chi connectivity index (χ3v) is 3.11. The van der Waals surface area contributed by atoms with Crippen LogP contribution in [0.1, 0.15) is 12.0 Å². The summed E-state index contributed by atoms with van der Waals surface area (Å²) in [6.07, 6.45) is 5.45. The van der Waals surface area contributed by atoms with E-state index in [4.69, 9.17) is 16.9 Å². The molecule has 0 radical (unpaired) electrons. The maximum atomic E-state index is 8.83. The average molecular weight is 303 g/mol. The van der Waals surface area contributed by atoms with Crippen LogP contribution in [0.5, 0.6) is 0 Å². The van der Waals surface area contributed by atoms with E-state index in [0.29, 0.717) is 36.3 Å². The van der Waals surface area contributed by atoms with Crippen LogP contribution in [-0.2, 0) is 6.54 Å². The molecule has 0 atom stereocenters. The van der Waals surface area contributed by atoms with Crippen LogP contribution in [0.3, 0.4) is 0 Å². The first-order chi connectivity index (χ1) is 10.2. The normalized spacial score (nSPS) is 9.95. The highest BCUT2D eigenvalue weighted by molar-refractivity contribution is 6.32. The molecule has 21 heavy (non-hydrogen) atoms. The molecule has 2 aromatic rings. The zero-order valence-corrected chi connectivity index (χ0v) is 12.4. The van der Waals surface area contributed by atoms with E-state index in [1.54, 1.807) is 25.6 Å². The van der Waals surface area contributed by atoms with E-state index >= 15 is 0 Å². The highest BCUT2D eigenvalue weighted by Crippen LogP contribution is 2.25. The van der Waals surface area contributed by atoms with Gasteiger partial charge in [0.25, 0.3) is 0 Å². The van der Waals surface area contributed by atoms with Gasteiger partial charge in [0.2, 0.25) is 5.95 Å². The molecular formula is C14H15ClN6. The molecule has 7 heteroatoms. The molecule has 0 aliphatic carbocycles. The van der Waals surface area contributed by atoms with Gasteiger partial charge in [-0.15, -0.1) is 0 Å². The number of hydrogen-bond acceptors (Lipinski definition) is 6. The van der Waals surface area contributed by atoms with Crippen molar-refractivity contribution in [3.8, 4) is 6.07 Å². The van der Waals surface area contributed by atoms with E-state index in [1.807, 2.05) is 17.0 Å². The van der Waals surface area contributed by atoms with E-state index in [1.165, 1.54) is 0 Å². The van der Waals surface area contributed by atoms with Crippen molar-refractivity contribution in [3.63, 3.8) is 0 Å². The largest absolute Gasteiger partial charge is 0.357 e. The van der Waals surface area contributed by atoms with Crippen LogP contribution in [-0.4, -0.2) is 28.5 Å². The zero-order valence-electron chi connectivity index (χ0n) is 11.6. The van der Waals surface area contributed by atoms with Crippen molar-refractivity contribution in [2.75, 3.05) is 23.8 Å². The smallest absolute Gasteiger partial charge is 0.224 e. The Morgan fingerprint density at radius 1 is 1.43 bits per heavy atom. The maximum absolute atomic E-state index is 8.83. The average Bonchev–Trinajstić information content (AvgIpc) is 2.53. The quantitative estimate of drug-likeness (QED) is 0.883. The van der Waals surface area contributed by atoms with Gasteiger partial charge in [-0.1, -0.05) is 17.7 Å². The Bertz CT molecular complexity index is 625. The summed E-state index contributed by atoms with van der Waals surface area (Å²) in [4.78, 5) is 14.5. The molecule has 0 aliphatic rings. The molecule has 0 spiro atoms. The molecule has 0 bridgehead atoms. The third-order valence-electron chi connectivity index (χ3n) is 2.84. The van der Waals surface area contributed by atoms with Crippen LogP contribution in [0.25, 0.3) is 0 Å². The Hall–Kier alpha value is -2.39. The standard InChI is InChI=1S/C14H15ClN6/c1-17-14-19-9-12(15)13(20-14)21(7-3-5-16)10-11-4-2-6-18-8-11/h2,4,6,8-9H,3,7,10H2,1H3,(H,17,19,20). The van der Waals surface area contributed by atoms with Crippen LogP contribution in [0.2, 0.25) is 5.02 Å². The summed E-state index contributed by atoms with van der Waals surface area (Å²) < 4.78 is 0. The summed E-state index contributed by atoms with van der Waals surface area (Å²) in [6.45, 7) is 1.11. The zero-order chi connectivity index (χ0) is 15.1. The van der Waals surface area contributed by atoms with Crippen molar-refractivity contribution >= 4 is 23.4 Å². The number of rotatable bonds is 6. The van der Waals surface area contributed by atoms with Gasteiger partial charge in [-0.2, -0.15) is 10.2 Å². The van der Waals surface area contributed by atoms with E-state index in [-0.39, 0.29) is 0 Å². The lowest BCUT2D eigenvalue weighted by Crippen LogP contribution is -2.25. The summed E-state index contributed by atoms with van der Waals surface area (Å²) >= 11 is 6.20. The molecule has 0 saturated heterocycles. The molecule has 2 rings (SSSR count). The van der Waals surface area contributed by atoms with Gasteiger partial charge >= 0.3 is 0 Å². The lowest BCUT2D eigenvalue weighted by molar-refractivity contribution is 0.778. The predicted octanol–water partition coefficient (Wildman–Crippen LogP) is 2.49. The number of hydrogen-bond donors (Lipinski definition) is 1. The van der Waals surface area contributed by atoms with Crippen molar-refractivity contribution < 1.29 is 0 Å². The Balaban J connectivity index is 2.29. The van der Waals surface area contributed by atoms with Gasteiger partial charge in [0.15, 0.2) is 5.82 Å². The summed E-state index contributed by atoms with van der Waals surface area (Å²) in [5, 5.41) is 12.2. The van der Waals surface area contributed by atoms with E-state index < -0.39 is 0 Å². The minimum absolute atomic E-state index is 0.384. The third kappa shape index (κ3) is 4.04. The molecule has 0 aliphatic heterocycles. The molecule has 0 saturated carbocycles. The predicted molar refractivity (Wildman–Crippen MR) is 82.1 cm³/mol. The van der Waals surface area contributed by atoms with Gasteiger partial charge in [-0.05, 0) is 11.6 Å². The van der Waals surface area contributed by atoms with Crippen LogP contribution >= 0.6 is 11.6 Å². The Labute approximate surface area is 128 Å². The Morgan fingerprint density at radius 3 is 2.95 bits per heavy atom. The highest BCUT2D eigenvalue weighted by atomic mass is 35.5. The summed E-state index contributed by atoms with van der Waals surface area (Å²) in [7, 11) is 1.74. The first kappa shape index (κ1) is 15.0. The number of nitriles is 1. The highest BCUT2D eigenvalue weighted by Gasteiger charge is 2.14. The van der Waals surface area contributed by atoms with E-state index in [2.05, 4.69) is 26.3 Å². The molecule has 2 heterocycles. The van der Waals surface area contributed by atoms with Crippen molar-refractivity contribution in [3.05, 3.63) is 41.3 Å². The molecule has 1 N–H and O–H groups in total. The molecule has 0 amide bonds. The molecule has 108 valence electrons. The van der Waals surface area contributed by atoms with Crippen LogP contribution in [0, 0.1) is 11.3 Å². The number of aromatic nitrogens is 3. The fourth-order valence-corrected chi connectivity index (χ4v) is 2.07. The minimum Gasteiger partial charge on any atom is -0.357 e. The number of nitrogens with zero attached hydrogens (tertiary/aromatic N) is 5. The lowest BCUT2D eigenvalue weighted by Gasteiger charge is -2.23. The second-order valence-corrected chi connectivity index (χ2v) is 4.71. The van der Waals surface area contributed by atoms with Crippen molar-refractivity contribution in [1.82, 2.24) is 15.0 Å². The summed E-state index contributed by atoms with van der Waals surface area (Å²) in [6, 6.07) is 5.99. The van der Waals surface area contributed by atoms with Crippen molar-refractivity contribution in [2.45, 2.75) is 13.0 Å². The number of nitrogens with one attached hydrogen (secondary N) is 1. The first-order valence-corrected chi connectivity index (χ1v) is 6.83. The van der Waals surface area contributed by atoms with Crippen molar-refractivity contribution in [1.29, 1.82) is 5.26 Å². The van der Waals surface area contributed by atoms with Crippen molar-refractivity contribution in [2.24, 2.45) is 0 Å². The monoisotopic (exact) mass is 302 g/mol. The molecule has 0 fully saturated rings. The lowest BCUT2D eigenvalue weighted by atomic mass is 10.2. The Kier molecular flexibility index (Phi) is 5.29. The number of halogens is 1. The molecule has 6 nitrogen and oxygen atoms in total. The SMILES string of the molecule is CNc1ncc(Cl)c(N(CCC#N)Cc2cccnc2)n1. The van der Waals surface area contributed by atoms with Gasteiger partial charge in [-0.3, -0.25) is 4.98 Å². The maximum Gasteiger partial charge on any atom is 0.224 e. The Morgan fingerprint density at radius 2 is 2.29 bits per heavy atom. The topological polar surface area (TPSA) is 77.7 Å². The molecular weight excluding hydrogens is 288 g/mol. The molecule has 2 aromatic heterocycles. The summed E-state index contributed by atoms with van der Waals surface area (Å²) in [5.41, 5.74) is 1.02. The number of pyridine rings is 1. The molecule has 0 aromatic carbocycles. The fraction of sp³-hybridized carbons (Fsp3) is 0.286. The van der Waals surface area contributed by atoms with Crippen LogP contribution in [0.4, 0.5) is 11.8 Å². The van der Waals surface area contributed by atoms with Crippen LogP contribution in [0.15, 0.2) is 30.7 Å². The van der Waals surface area contributed by atoms with Gasteiger partial charge < -0.3 is 10.2 Å². The van der Waals surface area contributed by atoms with Gasteiger partial charge in [0.05, 0.1) is 18.7 Å². The second kappa shape index (κ2) is 7.41. The second-order valence-electron chi connectivity index (χ2n) is 4.31. The van der Waals surface area contributed by atoms with E-state index in [9.17, 15) is 0 Å². The van der Waals surface area contributed by atoms with Gasteiger partial charge in [0.1, 0.15) is 5.02 Å². The first-order valence-electron chi connectivity index (χ1n) is 6.45. The fourth-order valence-electron chi connectivity index (χ4n) is 1.86. The van der Waals surface area contributed by atoms with Gasteiger partial charge in [0, 0.05) is 32.5 Å². The van der Waals surface area contributed by atoms with E-state index in [0.717, 1.165) is 5.56 Å². The van der Waals surface area contributed by atoms with Gasteiger partial charge in [-0.25, -0.2) is 4.98 Å². The minimum atomic E-state index is 0.384. The summed E-state index contributed by atoms with van der Waals surface area (Å²) in [5.74, 6) is 1.10.